The van der Waals surface area contributed by atoms with Crippen LogP contribution in [0.5, 0.6) is 0 Å². The van der Waals surface area contributed by atoms with Crippen LogP contribution in [0.3, 0.4) is 0 Å². The van der Waals surface area contributed by atoms with Gasteiger partial charge in [0.1, 0.15) is 10.9 Å². The van der Waals surface area contributed by atoms with Gasteiger partial charge in [0.2, 0.25) is 10.0 Å². The summed E-state index contributed by atoms with van der Waals surface area (Å²) in [6, 6.07) is 12.2. The zero-order valence-electron chi connectivity index (χ0n) is 15.8. The average molecular weight is 430 g/mol. The number of carbonyl (C=O) groups excluding carboxylic acids is 1. The lowest BCUT2D eigenvalue weighted by Gasteiger charge is -2.27. The van der Waals surface area contributed by atoms with Gasteiger partial charge in [-0.2, -0.15) is 4.31 Å². The van der Waals surface area contributed by atoms with Crippen LogP contribution in [-0.4, -0.2) is 39.8 Å². The lowest BCUT2D eigenvalue weighted by Crippen LogP contribution is -2.46. The number of aromatic nitrogens is 1. The van der Waals surface area contributed by atoms with Crippen LogP contribution in [0.2, 0.25) is 0 Å². The van der Waals surface area contributed by atoms with E-state index in [9.17, 15) is 23.3 Å². The van der Waals surface area contributed by atoms with E-state index in [-0.39, 0.29) is 21.7 Å². The normalized spacial score (nSPS) is 12.6. The predicted molar refractivity (Wildman–Crippen MR) is 107 cm³/mol. The molecular weight excluding hydrogens is 412 g/mol. The fraction of sp³-hybridized carbons (Fsp3) is 0.158. The van der Waals surface area contributed by atoms with Crippen molar-refractivity contribution >= 4 is 32.5 Å². The summed E-state index contributed by atoms with van der Waals surface area (Å²) in [5, 5.41) is 21.0. The fourth-order valence-electron chi connectivity index (χ4n) is 3.06. The van der Waals surface area contributed by atoms with E-state index in [1.165, 1.54) is 55.0 Å². The molecule has 0 bridgehead atoms. The molecule has 1 unspecified atom stereocenters. The Bertz CT molecular complexity index is 1210. The van der Waals surface area contributed by atoms with Gasteiger partial charge < -0.3 is 0 Å². The Morgan fingerprint density at radius 3 is 2.60 bits per heavy atom. The number of benzene rings is 2. The number of hydrogen-bond acceptors (Lipinski definition) is 7. The van der Waals surface area contributed by atoms with E-state index in [4.69, 9.17) is 5.21 Å². The Morgan fingerprint density at radius 2 is 1.90 bits per heavy atom. The Morgan fingerprint density at radius 1 is 1.20 bits per heavy atom. The minimum absolute atomic E-state index is 0.0943. The number of nitrogens with zero attached hydrogens (tertiary/aromatic N) is 3. The number of sulfonamides is 1. The van der Waals surface area contributed by atoms with Crippen LogP contribution in [0.4, 0.5) is 5.69 Å². The highest BCUT2D eigenvalue weighted by Crippen LogP contribution is 2.29. The molecule has 1 atom stereocenters. The zero-order chi connectivity index (χ0) is 21.9. The summed E-state index contributed by atoms with van der Waals surface area (Å²) in [4.78, 5) is 26.8. The molecule has 1 amide bonds. The van der Waals surface area contributed by atoms with Gasteiger partial charge >= 0.3 is 0 Å². The lowest BCUT2D eigenvalue weighted by molar-refractivity contribution is -0.385. The Balaban J connectivity index is 2.17. The standard InChI is InChI=1S/C19H18N4O6S/c1-13(19(24)21-25)22(12-15-6-2-3-9-16(15)23(26)27)30(28,29)17-10-4-7-14-8-5-11-20-18(14)17/h2-11,13,25H,12H2,1H3,(H,21,24). The van der Waals surface area contributed by atoms with E-state index >= 15 is 0 Å². The Kier molecular flexibility index (Phi) is 6.06. The number of pyridine rings is 1. The van der Waals surface area contributed by atoms with Gasteiger partial charge in [-0.1, -0.05) is 36.4 Å². The fourth-order valence-corrected chi connectivity index (χ4v) is 4.79. The molecule has 10 nitrogen and oxygen atoms in total. The van der Waals surface area contributed by atoms with E-state index < -0.39 is 33.4 Å². The van der Waals surface area contributed by atoms with Crippen LogP contribution < -0.4 is 5.48 Å². The van der Waals surface area contributed by atoms with Gasteiger partial charge in [-0.3, -0.25) is 25.1 Å². The molecule has 1 heterocycles. The number of nitro groups is 1. The highest BCUT2D eigenvalue weighted by Gasteiger charge is 2.35. The van der Waals surface area contributed by atoms with Crippen LogP contribution in [-0.2, 0) is 21.4 Å². The molecule has 2 aromatic carbocycles. The molecule has 3 aromatic rings. The molecule has 0 aliphatic carbocycles. The number of hydrogen-bond donors (Lipinski definition) is 2. The van der Waals surface area contributed by atoms with E-state index in [1.807, 2.05) is 0 Å². The Labute approximate surface area is 171 Å². The van der Waals surface area contributed by atoms with Gasteiger partial charge in [0.15, 0.2) is 0 Å². The molecule has 11 heteroatoms. The maximum atomic E-state index is 13.5. The van der Waals surface area contributed by atoms with Gasteiger partial charge in [0.05, 0.1) is 10.4 Å². The molecule has 2 N–H and O–H groups in total. The van der Waals surface area contributed by atoms with Crippen LogP contribution in [0.25, 0.3) is 10.9 Å². The number of carbonyl (C=O) groups is 1. The van der Waals surface area contributed by atoms with Gasteiger partial charge in [-0.25, -0.2) is 13.9 Å². The maximum Gasteiger partial charge on any atom is 0.273 e. The van der Waals surface area contributed by atoms with Crippen molar-refractivity contribution in [2.24, 2.45) is 0 Å². The molecule has 0 aliphatic heterocycles. The van der Waals surface area contributed by atoms with Crippen LogP contribution in [0.1, 0.15) is 12.5 Å². The summed E-state index contributed by atoms with van der Waals surface area (Å²) < 4.78 is 27.9. The summed E-state index contributed by atoms with van der Waals surface area (Å²) in [5.41, 5.74) is 1.44. The number of fused-ring (bicyclic) bond motifs is 1. The van der Waals surface area contributed by atoms with Crippen molar-refractivity contribution in [1.29, 1.82) is 0 Å². The van der Waals surface area contributed by atoms with Crippen LogP contribution in [0.15, 0.2) is 65.7 Å². The van der Waals surface area contributed by atoms with Gasteiger partial charge in [0, 0.05) is 29.8 Å². The third-order valence-electron chi connectivity index (χ3n) is 4.62. The molecule has 0 spiro atoms. The van der Waals surface area contributed by atoms with Crippen molar-refractivity contribution in [3.63, 3.8) is 0 Å². The molecular formula is C19H18N4O6S. The maximum absolute atomic E-state index is 13.5. The molecule has 1 aromatic heterocycles. The summed E-state index contributed by atoms with van der Waals surface area (Å²) in [6.07, 6.45) is 1.44. The number of amides is 1. The SMILES string of the molecule is CC(C(=O)NO)N(Cc1ccccc1[N+](=O)[O-])S(=O)(=O)c1cccc2cccnc12. The third kappa shape index (κ3) is 3.99. The summed E-state index contributed by atoms with van der Waals surface area (Å²) in [7, 11) is -4.35. The minimum atomic E-state index is -4.35. The molecule has 0 saturated carbocycles. The van der Waals surface area contributed by atoms with E-state index in [1.54, 1.807) is 18.2 Å². The van der Waals surface area contributed by atoms with E-state index in [2.05, 4.69) is 4.98 Å². The second-order valence-corrected chi connectivity index (χ2v) is 8.28. The van der Waals surface area contributed by atoms with E-state index in [0.29, 0.717) is 5.39 Å². The number of nitro benzene ring substituents is 1. The van der Waals surface area contributed by atoms with Crippen molar-refractivity contribution in [3.8, 4) is 0 Å². The first-order valence-electron chi connectivity index (χ1n) is 8.79. The second-order valence-electron chi connectivity index (χ2n) is 6.42. The van der Waals surface area contributed by atoms with Gasteiger partial charge in [-0.05, 0) is 19.1 Å². The quantitative estimate of drug-likeness (QED) is 0.332. The van der Waals surface area contributed by atoms with Crippen molar-refractivity contribution in [3.05, 3.63) is 76.5 Å². The predicted octanol–water partition coefficient (Wildman–Crippen LogP) is 2.23. The smallest absolute Gasteiger partial charge is 0.273 e. The molecule has 156 valence electrons. The highest BCUT2D eigenvalue weighted by atomic mass is 32.2. The largest absolute Gasteiger partial charge is 0.289 e. The number of hydroxylamine groups is 1. The first-order valence-corrected chi connectivity index (χ1v) is 10.2. The summed E-state index contributed by atoms with van der Waals surface area (Å²) in [6.45, 7) is 0.813. The number of nitrogens with one attached hydrogen (secondary N) is 1. The monoisotopic (exact) mass is 430 g/mol. The summed E-state index contributed by atoms with van der Waals surface area (Å²) >= 11 is 0. The molecule has 0 fully saturated rings. The molecule has 3 rings (SSSR count). The van der Waals surface area contributed by atoms with Crippen LogP contribution in [0, 0.1) is 10.1 Å². The summed E-state index contributed by atoms with van der Waals surface area (Å²) in [5.74, 6) is -0.981. The van der Waals surface area contributed by atoms with Crippen molar-refractivity contribution < 1.29 is 23.3 Å². The van der Waals surface area contributed by atoms with Gasteiger partial charge in [0.25, 0.3) is 11.6 Å². The average Bonchev–Trinajstić information content (AvgIpc) is 2.76. The molecule has 0 radical (unpaired) electrons. The topological polar surface area (TPSA) is 143 Å². The third-order valence-corrected chi connectivity index (χ3v) is 6.57. The lowest BCUT2D eigenvalue weighted by atomic mass is 10.1. The molecule has 0 saturated heterocycles. The molecule has 30 heavy (non-hydrogen) atoms. The van der Waals surface area contributed by atoms with E-state index in [0.717, 1.165) is 4.31 Å². The second kappa shape index (κ2) is 8.53. The first kappa shape index (κ1) is 21.3. The van der Waals surface area contributed by atoms with Crippen LogP contribution >= 0.6 is 0 Å². The van der Waals surface area contributed by atoms with Crippen molar-refractivity contribution in [1.82, 2.24) is 14.8 Å². The number of rotatable bonds is 7. The first-order chi connectivity index (χ1) is 14.3. The zero-order valence-corrected chi connectivity index (χ0v) is 16.6. The van der Waals surface area contributed by atoms with Crippen molar-refractivity contribution in [2.75, 3.05) is 0 Å². The van der Waals surface area contributed by atoms with Gasteiger partial charge in [-0.15, -0.1) is 0 Å². The molecule has 0 aliphatic rings. The van der Waals surface area contributed by atoms with Crippen molar-refractivity contribution in [2.45, 2.75) is 24.4 Å². The minimum Gasteiger partial charge on any atom is -0.289 e. The number of para-hydroxylation sites is 2. The highest BCUT2D eigenvalue weighted by molar-refractivity contribution is 7.89. The Hall–Kier alpha value is -3.41.